The van der Waals surface area contributed by atoms with E-state index in [4.69, 9.17) is 16.7 Å². The molecule has 2 N–H and O–H groups in total. The van der Waals surface area contributed by atoms with Gasteiger partial charge in [-0.2, -0.15) is 0 Å². The van der Waals surface area contributed by atoms with E-state index < -0.39 is 5.97 Å². The standard InChI is InChI=1S/C17H23ClN2O3/c1-12-4-6-14(9-15(12)18)19-16(21)11-20-8-2-3-13(10-20)5-7-17(22)23/h4,6,9,13H,2-3,5,7-8,10-11H2,1H3,(H,19,21)(H,22,23). The summed E-state index contributed by atoms with van der Waals surface area (Å²) in [5.74, 6) is -0.457. The van der Waals surface area contributed by atoms with Gasteiger partial charge in [0, 0.05) is 23.7 Å². The number of likely N-dealkylation sites (tertiary alicyclic amines) is 1. The first kappa shape index (κ1) is 17.8. The molecule has 1 saturated heterocycles. The summed E-state index contributed by atoms with van der Waals surface area (Å²) in [5.41, 5.74) is 1.67. The van der Waals surface area contributed by atoms with Crippen molar-refractivity contribution in [3.63, 3.8) is 0 Å². The van der Waals surface area contributed by atoms with Crippen molar-refractivity contribution in [1.82, 2.24) is 4.90 Å². The van der Waals surface area contributed by atoms with Gasteiger partial charge in [0.2, 0.25) is 5.91 Å². The highest BCUT2D eigenvalue weighted by molar-refractivity contribution is 6.31. The summed E-state index contributed by atoms with van der Waals surface area (Å²) in [6.45, 7) is 3.91. The second-order valence-corrected chi connectivity index (χ2v) is 6.60. The number of aryl methyl sites for hydroxylation is 1. The lowest BCUT2D eigenvalue weighted by molar-refractivity contribution is -0.137. The van der Waals surface area contributed by atoms with Crippen molar-refractivity contribution >= 4 is 29.2 Å². The molecule has 1 aromatic rings. The minimum atomic E-state index is -0.754. The van der Waals surface area contributed by atoms with Crippen LogP contribution in [-0.4, -0.2) is 41.5 Å². The van der Waals surface area contributed by atoms with Crippen LogP contribution in [0.15, 0.2) is 18.2 Å². The van der Waals surface area contributed by atoms with Crippen LogP contribution in [0.3, 0.4) is 0 Å². The Kier molecular flexibility index (Phi) is 6.42. The van der Waals surface area contributed by atoms with Crippen molar-refractivity contribution in [2.45, 2.75) is 32.6 Å². The summed E-state index contributed by atoms with van der Waals surface area (Å²) >= 11 is 6.06. The van der Waals surface area contributed by atoms with Crippen LogP contribution in [0.25, 0.3) is 0 Å². The number of amides is 1. The van der Waals surface area contributed by atoms with Crippen LogP contribution in [0.2, 0.25) is 5.02 Å². The summed E-state index contributed by atoms with van der Waals surface area (Å²) in [6, 6.07) is 5.46. The van der Waals surface area contributed by atoms with Gasteiger partial charge in [0.25, 0.3) is 0 Å². The zero-order chi connectivity index (χ0) is 16.8. The van der Waals surface area contributed by atoms with E-state index in [1.807, 2.05) is 19.1 Å². The van der Waals surface area contributed by atoms with Crippen molar-refractivity contribution in [1.29, 1.82) is 0 Å². The fourth-order valence-electron chi connectivity index (χ4n) is 2.93. The second-order valence-electron chi connectivity index (χ2n) is 6.19. The largest absolute Gasteiger partial charge is 0.481 e. The molecular weight excluding hydrogens is 316 g/mol. The molecule has 1 atom stereocenters. The molecule has 0 radical (unpaired) electrons. The number of carbonyl (C=O) groups excluding carboxylic acids is 1. The molecule has 1 aliphatic heterocycles. The van der Waals surface area contributed by atoms with Crippen LogP contribution in [0.1, 0.15) is 31.2 Å². The number of aliphatic carboxylic acids is 1. The normalized spacial score (nSPS) is 18.6. The quantitative estimate of drug-likeness (QED) is 0.836. The first-order valence-corrected chi connectivity index (χ1v) is 8.32. The number of hydrogen-bond acceptors (Lipinski definition) is 3. The smallest absolute Gasteiger partial charge is 0.303 e. The van der Waals surface area contributed by atoms with E-state index in [1.54, 1.807) is 6.07 Å². The molecule has 1 amide bonds. The van der Waals surface area contributed by atoms with Crippen LogP contribution in [-0.2, 0) is 9.59 Å². The molecule has 0 bridgehead atoms. The number of benzene rings is 1. The molecule has 1 unspecified atom stereocenters. The Hall–Kier alpha value is -1.59. The van der Waals surface area contributed by atoms with E-state index in [0.29, 0.717) is 29.6 Å². The van der Waals surface area contributed by atoms with Gasteiger partial charge in [0.15, 0.2) is 0 Å². The van der Waals surface area contributed by atoms with Crippen LogP contribution in [0, 0.1) is 12.8 Å². The molecule has 1 aromatic carbocycles. The number of rotatable bonds is 6. The molecule has 2 rings (SSSR count). The van der Waals surface area contributed by atoms with E-state index in [9.17, 15) is 9.59 Å². The number of halogens is 1. The van der Waals surface area contributed by atoms with Gasteiger partial charge in [-0.1, -0.05) is 17.7 Å². The zero-order valence-electron chi connectivity index (χ0n) is 13.3. The summed E-state index contributed by atoms with van der Waals surface area (Å²) in [5, 5.41) is 12.3. The SMILES string of the molecule is Cc1ccc(NC(=O)CN2CCCC(CCC(=O)O)C2)cc1Cl. The number of nitrogens with one attached hydrogen (secondary N) is 1. The summed E-state index contributed by atoms with van der Waals surface area (Å²) in [6.07, 6.45) is 2.93. The van der Waals surface area contributed by atoms with Crippen molar-refractivity contribution in [3.8, 4) is 0 Å². The van der Waals surface area contributed by atoms with Gasteiger partial charge in [0.05, 0.1) is 6.54 Å². The Labute approximate surface area is 141 Å². The minimum Gasteiger partial charge on any atom is -0.481 e. The van der Waals surface area contributed by atoms with Crippen LogP contribution in [0.4, 0.5) is 5.69 Å². The van der Waals surface area contributed by atoms with E-state index >= 15 is 0 Å². The summed E-state index contributed by atoms with van der Waals surface area (Å²) in [7, 11) is 0. The monoisotopic (exact) mass is 338 g/mol. The van der Waals surface area contributed by atoms with E-state index in [2.05, 4.69) is 10.2 Å². The number of piperidine rings is 1. The van der Waals surface area contributed by atoms with Crippen molar-refractivity contribution in [2.24, 2.45) is 5.92 Å². The predicted molar refractivity (Wildman–Crippen MR) is 90.9 cm³/mol. The predicted octanol–water partition coefficient (Wildman–Crippen LogP) is 3.16. The van der Waals surface area contributed by atoms with Crippen molar-refractivity contribution < 1.29 is 14.7 Å². The zero-order valence-corrected chi connectivity index (χ0v) is 14.1. The molecule has 23 heavy (non-hydrogen) atoms. The lowest BCUT2D eigenvalue weighted by Gasteiger charge is -2.32. The third-order valence-electron chi connectivity index (χ3n) is 4.19. The van der Waals surface area contributed by atoms with E-state index in [0.717, 1.165) is 31.5 Å². The highest BCUT2D eigenvalue weighted by Crippen LogP contribution is 2.22. The average Bonchev–Trinajstić information content (AvgIpc) is 2.49. The number of anilines is 1. The Morgan fingerprint density at radius 1 is 1.43 bits per heavy atom. The first-order chi connectivity index (χ1) is 10.9. The molecule has 5 nitrogen and oxygen atoms in total. The maximum absolute atomic E-state index is 12.2. The average molecular weight is 339 g/mol. The fourth-order valence-corrected chi connectivity index (χ4v) is 3.11. The van der Waals surface area contributed by atoms with E-state index in [1.165, 1.54) is 0 Å². The molecule has 0 aliphatic carbocycles. The number of carboxylic acid groups (broad SMARTS) is 1. The Bertz CT molecular complexity index is 577. The maximum Gasteiger partial charge on any atom is 0.303 e. The summed E-state index contributed by atoms with van der Waals surface area (Å²) in [4.78, 5) is 24.9. The molecular formula is C17H23ClN2O3. The maximum atomic E-state index is 12.2. The number of carbonyl (C=O) groups is 2. The van der Waals surface area contributed by atoms with Crippen molar-refractivity contribution in [2.75, 3.05) is 25.0 Å². The van der Waals surface area contributed by atoms with Gasteiger partial charge in [-0.05, 0) is 56.3 Å². The minimum absolute atomic E-state index is 0.0659. The van der Waals surface area contributed by atoms with Crippen molar-refractivity contribution in [3.05, 3.63) is 28.8 Å². The topological polar surface area (TPSA) is 69.6 Å². The van der Waals surface area contributed by atoms with Gasteiger partial charge in [-0.15, -0.1) is 0 Å². The van der Waals surface area contributed by atoms with Gasteiger partial charge in [-0.3, -0.25) is 14.5 Å². The molecule has 0 saturated carbocycles. The second kappa shape index (κ2) is 8.31. The van der Waals surface area contributed by atoms with Crippen LogP contribution < -0.4 is 5.32 Å². The van der Waals surface area contributed by atoms with Crippen LogP contribution in [0.5, 0.6) is 0 Å². The van der Waals surface area contributed by atoms with Crippen LogP contribution >= 0.6 is 11.6 Å². The Morgan fingerprint density at radius 2 is 2.22 bits per heavy atom. The third-order valence-corrected chi connectivity index (χ3v) is 4.60. The first-order valence-electron chi connectivity index (χ1n) is 7.94. The highest BCUT2D eigenvalue weighted by atomic mass is 35.5. The van der Waals surface area contributed by atoms with Gasteiger partial charge >= 0.3 is 5.97 Å². The summed E-state index contributed by atoms with van der Waals surface area (Å²) < 4.78 is 0. The molecule has 0 aromatic heterocycles. The van der Waals surface area contributed by atoms with Gasteiger partial charge in [-0.25, -0.2) is 0 Å². The Morgan fingerprint density at radius 3 is 2.91 bits per heavy atom. The highest BCUT2D eigenvalue weighted by Gasteiger charge is 2.22. The molecule has 0 spiro atoms. The molecule has 6 heteroatoms. The lowest BCUT2D eigenvalue weighted by Crippen LogP contribution is -2.40. The number of carboxylic acids is 1. The number of nitrogens with zero attached hydrogens (tertiary/aromatic N) is 1. The Balaban J connectivity index is 1.82. The van der Waals surface area contributed by atoms with E-state index in [-0.39, 0.29) is 12.3 Å². The molecule has 1 heterocycles. The molecule has 1 fully saturated rings. The number of hydrogen-bond donors (Lipinski definition) is 2. The third kappa shape index (κ3) is 5.84. The molecule has 126 valence electrons. The molecule has 1 aliphatic rings. The van der Waals surface area contributed by atoms with Gasteiger partial charge < -0.3 is 10.4 Å². The fraction of sp³-hybridized carbons (Fsp3) is 0.529. The lowest BCUT2D eigenvalue weighted by atomic mass is 9.93. The van der Waals surface area contributed by atoms with Gasteiger partial charge in [0.1, 0.15) is 0 Å².